The molecule has 0 radical (unpaired) electrons. The summed E-state index contributed by atoms with van der Waals surface area (Å²) in [6.07, 6.45) is 2.10. The number of fused-ring (bicyclic) bond motifs is 3. The van der Waals surface area contributed by atoms with Crippen molar-refractivity contribution < 1.29 is 14.3 Å². The molecule has 5 rings (SSSR count). The zero-order valence-electron chi connectivity index (χ0n) is 23.3. The van der Waals surface area contributed by atoms with E-state index in [0.29, 0.717) is 36.6 Å². The van der Waals surface area contributed by atoms with Crippen molar-refractivity contribution in [1.29, 1.82) is 0 Å². The number of amides is 1. The number of carbonyl (C=O) groups excluding carboxylic acids is 1. The van der Waals surface area contributed by atoms with Gasteiger partial charge in [-0.3, -0.25) is 13.9 Å². The van der Waals surface area contributed by atoms with Crippen LogP contribution in [-0.4, -0.2) is 44.0 Å². The van der Waals surface area contributed by atoms with Crippen LogP contribution in [0.1, 0.15) is 39.7 Å². The third kappa shape index (κ3) is 5.29. The number of aromatic nitrogens is 4. The van der Waals surface area contributed by atoms with Gasteiger partial charge in [0, 0.05) is 31.3 Å². The Morgan fingerprint density at radius 2 is 1.90 bits per heavy atom. The Labute approximate surface area is 236 Å². The summed E-state index contributed by atoms with van der Waals surface area (Å²) < 4.78 is 22.7. The third-order valence-corrected chi connectivity index (χ3v) is 7.42. The molecule has 1 N–H and O–H groups in total. The van der Waals surface area contributed by atoms with Gasteiger partial charge in [-0.1, -0.05) is 17.7 Å². The van der Waals surface area contributed by atoms with E-state index in [0.717, 1.165) is 50.9 Å². The van der Waals surface area contributed by atoms with Crippen molar-refractivity contribution in [1.82, 2.24) is 23.2 Å². The highest BCUT2D eigenvalue weighted by atomic mass is 32.1. The average molecular weight is 561 g/mol. The number of ether oxygens (including phenoxy) is 2. The van der Waals surface area contributed by atoms with E-state index in [2.05, 4.69) is 33.1 Å². The first kappa shape index (κ1) is 27.3. The molecular weight excluding hydrogens is 528 g/mol. The summed E-state index contributed by atoms with van der Waals surface area (Å²) in [6, 6.07) is 10.0. The van der Waals surface area contributed by atoms with Crippen molar-refractivity contribution in [2.45, 2.75) is 47.2 Å². The van der Waals surface area contributed by atoms with Crippen molar-refractivity contribution in [2.24, 2.45) is 4.99 Å². The first-order valence-electron chi connectivity index (χ1n) is 13.2. The maximum Gasteiger partial charge on any atom is 0.330 e. The number of methoxy groups -OCH3 is 1. The van der Waals surface area contributed by atoms with Crippen molar-refractivity contribution in [2.75, 3.05) is 20.3 Å². The topological polar surface area (TPSA) is 113 Å². The number of benzene rings is 2. The molecule has 10 nitrogen and oxygen atoms in total. The molecule has 3 heterocycles. The second-order valence-corrected chi connectivity index (χ2v) is 10.3. The Morgan fingerprint density at radius 1 is 1.12 bits per heavy atom. The summed E-state index contributed by atoms with van der Waals surface area (Å²) >= 11 is 0.972. The molecule has 0 aliphatic carbocycles. The highest BCUT2D eigenvalue weighted by Crippen LogP contribution is 2.37. The van der Waals surface area contributed by atoms with Crippen molar-refractivity contribution in [3.05, 3.63) is 80.4 Å². The fourth-order valence-electron chi connectivity index (χ4n) is 5.17. The second kappa shape index (κ2) is 11.5. The number of hydrogen-bond donors (Lipinski definition) is 1. The molecule has 0 saturated carbocycles. The maximum absolute atomic E-state index is 14.0. The Hall–Kier alpha value is -4.25. The molecule has 11 heteroatoms. The van der Waals surface area contributed by atoms with E-state index < -0.39 is 0 Å². The van der Waals surface area contributed by atoms with Crippen LogP contribution < -0.4 is 26.0 Å². The number of nitrogens with zero attached hydrogens (tertiary/aromatic N) is 5. The summed E-state index contributed by atoms with van der Waals surface area (Å²) in [5.74, 6) is 0.968. The molecule has 208 valence electrons. The summed E-state index contributed by atoms with van der Waals surface area (Å²) in [6.45, 7) is 9.54. The van der Waals surface area contributed by atoms with E-state index >= 15 is 0 Å². The van der Waals surface area contributed by atoms with Gasteiger partial charge in [-0.15, -0.1) is 0 Å². The number of hydrogen-bond acceptors (Lipinski definition) is 8. The van der Waals surface area contributed by atoms with Gasteiger partial charge >= 0.3 is 5.69 Å². The first-order valence-corrected chi connectivity index (χ1v) is 13.9. The smallest absolute Gasteiger partial charge is 0.330 e. The van der Waals surface area contributed by atoms with Crippen LogP contribution in [0.5, 0.6) is 11.5 Å². The summed E-state index contributed by atoms with van der Waals surface area (Å²) in [7, 11) is 1.61. The number of carbonyl (C=O) groups is 1. The lowest BCUT2D eigenvalue weighted by Gasteiger charge is -2.25. The predicted octanol–water partition coefficient (Wildman–Crippen LogP) is 3.72. The van der Waals surface area contributed by atoms with Crippen LogP contribution in [0.2, 0.25) is 0 Å². The van der Waals surface area contributed by atoms with Crippen LogP contribution in [0.25, 0.3) is 11.3 Å². The summed E-state index contributed by atoms with van der Waals surface area (Å²) in [4.78, 5) is 31.4. The minimum absolute atomic E-state index is 0.193. The van der Waals surface area contributed by atoms with Crippen LogP contribution >= 0.6 is 11.7 Å². The number of aryl methyl sites for hydroxylation is 4. The summed E-state index contributed by atoms with van der Waals surface area (Å²) in [5.41, 5.74) is 7.35. The molecule has 0 saturated heterocycles. The predicted molar refractivity (Wildman–Crippen MR) is 154 cm³/mol. The van der Waals surface area contributed by atoms with E-state index in [1.165, 1.54) is 6.20 Å². The largest absolute Gasteiger partial charge is 0.493 e. The normalized spacial score (nSPS) is 12.6. The van der Waals surface area contributed by atoms with Gasteiger partial charge in [0.25, 0.3) is 5.91 Å². The van der Waals surface area contributed by atoms with E-state index in [9.17, 15) is 9.59 Å². The standard InChI is InChI=1S/C29H32N6O4S/c1-6-39-25-13-20-7-9-34-23(21(20)14-24(25)38-5)15-26(32-27-18(3)11-17(2)12-19(27)4)35(29(34)37)10-8-30-28(36)22-16-31-40-33-22/h11-16H,6-10H2,1-5H3,(H,30,36)/b32-26+. The van der Waals surface area contributed by atoms with Gasteiger partial charge in [0.2, 0.25) is 0 Å². The van der Waals surface area contributed by atoms with Crippen molar-refractivity contribution in [3.8, 4) is 22.8 Å². The van der Waals surface area contributed by atoms with Crippen LogP contribution in [0, 0.1) is 20.8 Å². The van der Waals surface area contributed by atoms with Crippen LogP contribution in [0.15, 0.2) is 46.3 Å². The molecule has 2 aromatic heterocycles. The van der Waals surface area contributed by atoms with Crippen molar-refractivity contribution in [3.63, 3.8) is 0 Å². The first-order chi connectivity index (χ1) is 19.3. The van der Waals surface area contributed by atoms with E-state index in [4.69, 9.17) is 14.5 Å². The minimum atomic E-state index is -0.331. The van der Waals surface area contributed by atoms with E-state index in [1.807, 2.05) is 39.0 Å². The van der Waals surface area contributed by atoms with Gasteiger partial charge < -0.3 is 14.8 Å². The Balaban J connectivity index is 1.64. The maximum atomic E-state index is 14.0. The van der Waals surface area contributed by atoms with Crippen LogP contribution in [0.4, 0.5) is 5.69 Å². The monoisotopic (exact) mass is 560 g/mol. The third-order valence-electron chi connectivity index (χ3n) is 6.94. The zero-order chi connectivity index (χ0) is 28.4. The van der Waals surface area contributed by atoms with Gasteiger partial charge in [0.15, 0.2) is 17.2 Å². The average Bonchev–Trinajstić information content (AvgIpc) is 3.47. The quantitative estimate of drug-likeness (QED) is 0.352. The van der Waals surface area contributed by atoms with Crippen LogP contribution in [0.3, 0.4) is 0 Å². The van der Waals surface area contributed by atoms with Gasteiger partial charge in [-0.25, -0.2) is 9.79 Å². The highest BCUT2D eigenvalue weighted by Gasteiger charge is 2.23. The molecule has 1 aliphatic rings. The molecule has 0 fully saturated rings. The van der Waals surface area contributed by atoms with Gasteiger partial charge in [-0.2, -0.15) is 8.75 Å². The lowest BCUT2D eigenvalue weighted by atomic mass is 9.97. The van der Waals surface area contributed by atoms with Crippen molar-refractivity contribution >= 4 is 23.3 Å². The van der Waals surface area contributed by atoms with E-state index in [-0.39, 0.29) is 30.4 Å². The Bertz CT molecular complexity index is 1680. The minimum Gasteiger partial charge on any atom is -0.493 e. The molecule has 1 aliphatic heterocycles. The molecule has 4 aromatic rings. The highest BCUT2D eigenvalue weighted by molar-refractivity contribution is 6.99. The molecule has 0 bridgehead atoms. The summed E-state index contributed by atoms with van der Waals surface area (Å²) in [5, 5.41) is 2.84. The fourth-order valence-corrected chi connectivity index (χ4v) is 5.59. The van der Waals surface area contributed by atoms with Gasteiger partial charge in [-0.05, 0) is 62.9 Å². The number of nitrogens with one attached hydrogen (secondary N) is 1. The number of rotatable bonds is 8. The zero-order valence-corrected chi connectivity index (χ0v) is 24.1. The molecule has 0 spiro atoms. The lowest BCUT2D eigenvalue weighted by molar-refractivity contribution is 0.0948. The van der Waals surface area contributed by atoms with Gasteiger partial charge in [0.1, 0.15) is 5.49 Å². The SMILES string of the molecule is CCOc1cc2c(cc1OC)-c1c/c(=N\c3c(C)cc(C)cc3C)n(CCNC(=O)c3cnsn3)c(=O)n1CC2. The fraction of sp³-hybridized carbons (Fsp3) is 0.345. The molecular formula is C29H32N6O4S. The Kier molecular flexibility index (Phi) is 7.83. The van der Waals surface area contributed by atoms with E-state index in [1.54, 1.807) is 16.2 Å². The Morgan fingerprint density at radius 3 is 2.58 bits per heavy atom. The molecule has 1 amide bonds. The molecule has 2 aromatic carbocycles. The second-order valence-electron chi connectivity index (χ2n) is 9.72. The molecule has 0 unspecified atom stereocenters. The van der Waals surface area contributed by atoms with Gasteiger partial charge in [0.05, 0.1) is 43.0 Å². The molecule has 0 atom stereocenters. The molecule has 40 heavy (non-hydrogen) atoms. The lowest BCUT2D eigenvalue weighted by Crippen LogP contribution is -2.44. The van der Waals surface area contributed by atoms with Crippen LogP contribution in [-0.2, 0) is 19.5 Å².